The van der Waals surface area contributed by atoms with Crippen molar-refractivity contribution in [1.29, 1.82) is 0 Å². The normalized spacial score (nSPS) is 13.7. The number of carbonyl (C=O) groups is 1. The maximum atomic E-state index is 12.5. The van der Waals surface area contributed by atoms with Crippen LogP contribution >= 0.6 is 12.4 Å². The first-order valence-electron chi connectivity index (χ1n) is 7.92. The van der Waals surface area contributed by atoms with Gasteiger partial charge in [-0.05, 0) is 30.2 Å². The molecule has 142 valence electrons. The molecule has 26 heavy (non-hydrogen) atoms. The van der Waals surface area contributed by atoms with Crippen LogP contribution in [0.3, 0.4) is 0 Å². The van der Waals surface area contributed by atoms with Gasteiger partial charge in [0, 0.05) is 12.6 Å². The van der Waals surface area contributed by atoms with Crippen molar-refractivity contribution >= 4 is 18.3 Å². The monoisotopic (exact) mass is 380 g/mol. The zero-order chi connectivity index (χ0) is 18.4. The molecule has 6 nitrogen and oxygen atoms in total. The molecule has 4 N–H and O–H groups in total. The average Bonchev–Trinajstić information content (AvgIpc) is 2.65. The van der Waals surface area contributed by atoms with Gasteiger partial charge in [0.05, 0.1) is 20.3 Å². The summed E-state index contributed by atoms with van der Waals surface area (Å²) in [4.78, 5) is 12.5. The van der Waals surface area contributed by atoms with E-state index in [1.54, 1.807) is 37.3 Å². The summed E-state index contributed by atoms with van der Waals surface area (Å²) in [7, 11) is 3.07. The summed E-state index contributed by atoms with van der Waals surface area (Å²) in [6.07, 6.45) is -0.917. The molecule has 0 spiro atoms. The van der Waals surface area contributed by atoms with Crippen LogP contribution in [0.15, 0.2) is 48.5 Å². The molecular formula is C19H25ClN2O4. The molecule has 2 atom stereocenters. The number of aliphatic hydroxyl groups excluding tert-OH is 1. The number of halogens is 1. The molecule has 0 fully saturated rings. The predicted molar refractivity (Wildman–Crippen MR) is 103 cm³/mol. The zero-order valence-electron chi connectivity index (χ0n) is 15.1. The molecule has 0 aromatic heterocycles. The van der Waals surface area contributed by atoms with Crippen molar-refractivity contribution in [3.63, 3.8) is 0 Å². The summed E-state index contributed by atoms with van der Waals surface area (Å²) in [6, 6.07) is 14.2. The lowest BCUT2D eigenvalue weighted by atomic mass is 9.92. The maximum Gasteiger partial charge on any atom is 0.244 e. The standard InChI is InChI=1S/C19H24N2O4.ClH/c1-19(20,14-7-5-4-6-8-14)18(23)21-12-17(22)13-9-15(24-2)11-16(10-13)25-3;/h4-11,17,22H,12,20H2,1-3H3,(H,21,23);1H. The molecule has 1 amide bonds. The van der Waals surface area contributed by atoms with E-state index in [-0.39, 0.29) is 24.9 Å². The Morgan fingerprint density at radius 1 is 1.15 bits per heavy atom. The molecule has 0 saturated carbocycles. The van der Waals surface area contributed by atoms with Crippen molar-refractivity contribution in [3.8, 4) is 11.5 Å². The van der Waals surface area contributed by atoms with Crippen LogP contribution in [0.25, 0.3) is 0 Å². The molecule has 0 heterocycles. The number of aliphatic hydroxyl groups is 1. The fraction of sp³-hybridized carbons (Fsp3) is 0.316. The fourth-order valence-corrected chi connectivity index (χ4v) is 2.43. The molecule has 2 unspecified atom stereocenters. The SMILES string of the molecule is COc1cc(OC)cc(C(O)CNC(=O)C(C)(N)c2ccccc2)c1.Cl. The zero-order valence-corrected chi connectivity index (χ0v) is 15.9. The van der Waals surface area contributed by atoms with Crippen molar-refractivity contribution in [2.24, 2.45) is 5.73 Å². The van der Waals surface area contributed by atoms with E-state index in [1.165, 1.54) is 14.2 Å². The number of amides is 1. The molecule has 0 aliphatic rings. The summed E-state index contributed by atoms with van der Waals surface area (Å²) in [5.74, 6) is 0.757. The molecule has 7 heteroatoms. The summed E-state index contributed by atoms with van der Waals surface area (Å²) >= 11 is 0. The molecule has 0 saturated heterocycles. The van der Waals surface area contributed by atoms with Gasteiger partial charge in [0.15, 0.2) is 0 Å². The first-order chi connectivity index (χ1) is 11.9. The quantitative estimate of drug-likeness (QED) is 0.684. The molecule has 0 radical (unpaired) electrons. The number of rotatable bonds is 7. The second-order valence-electron chi connectivity index (χ2n) is 5.94. The lowest BCUT2D eigenvalue weighted by Crippen LogP contribution is -2.49. The van der Waals surface area contributed by atoms with Crippen molar-refractivity contribution < 1.29 is 19.4 Å². The Labute approximate surface area is 159 Å². The summed E-state index contributed by atoms with van der Waals surface area (Å²) in [6.45, 7) is 1.66. The lowest BCUT2D eigenvalue weighted by Gasteiger charge is -2.25. The molecule has 0 bridgehead atoms. The summed E-state index contributed by atoms with van der Waals surface area (Å²) < 4.78 is 10.4. The fourth-order valence-electron chi connectivity index (χ4n) is 2.43. The van der Waals surface area contributed by atoms with E-state index in [0.29, 0.717) is 22.6 Å². The third kappa shape index (κ3) is 5.11. The minimum absolute atomic E-state index is 0. The van der Waals surface area contributed by atoms with Crippen LogP contribution in [0.2, 0.25) is 0 Å². The second-order valence-corrected chi connectivity index (χ2v) is 5.94. The number of methoxy groups -OCH3 is 2. The van der Waals surface area contributed by atoms with Crippen LogP contribution in [0.4, 0.5) is 0 Å². The van der Waals surface area contributed by atoms with Crippen LogP contribution in [0.5, 0.6) is 11.5 Å². The van der Waals surface area contributed by atoms with E-state index < -0.39 is 11.6 Å². The minimum Gasteiger partial charge on any atom is -0.497 e. The molecule has 2 rings (SSSR count). The van der Waals surface area contributed by atoms with Crippen molar-refractivity contribution in [1.82, 2.24) is 5.32 Å². The van der Waals surface area contributed by atoms with Crippen LogP contribution in [-0.2, 0) is 10.3 Å². The summed E-state index contributed by atoms with van der Waals surface area (Å²) in [5.41, 5.74) is 6.25. The van der Waals surface area contributed by atoms with Crippen LogP contribution in [0.1, 0.15) is 24.2 Å². The van der Waals surface area contributed by atoms with Gasteiger partial charge >= 0.3 is 0 Å². The Morgan fingerprint density at radius 2 is 1.69 bits per heavy atom. The number of hydrogen-bond donors (Lipinski definition) is 3. The minimum atomic E-state index is -1.19. The van der Waals surface area contributed by atoms with Gasteiger partial charge in [0.25, 0.3) is 0 Å². The molecule has 0 aliphatic carbocycles. The highest BCUT2D eigenvalue weighted by molar-refractivity contribution is 5.87. The summed E-state index contributed by atoms with van der Waals surface area (Å²) in [5, 5.41) is 13.1. The Bertz CT molecular complexity index is 700. The van der Waals surface area contributed by atoms with Gasteiger partial charge in [-0.3, -0.25) is 4.79 Å². The van der Waals surface area contributed by atoms with E-state index >= 15 is 0 Å². The maximum absolute atomic E-state index is 12.5. The lowest BCUT2D eigenvalue weighted by molar-refractivity contribution is -0.126. The molecule has 0 aliphatic heterocycles. The number of nitrogens with two attached hydrogens (primary N) is 1. The third-order valence-corrected chi connectivity index (χ3v) is 4.06. The number of carbonyl (C=O) groups excluding carboxylic acids is 1. The van der Waals surface area contributed by atoms with Crippen LogP contribution in [-0.4, -0.2) is 31.8 Å². The Hall–Kier alpha value is -2.28. The highest BCUT2D eigenvalue weighted by atomic mass is 35.5. The number of ether oxygens (including phenoxy) is 2. The van der Waals surface area contributed by atoms with Gasteiger partial charge in [-0.25, -0.2) is 0 Å². The van der Waals surface area contributed by atoms with E-state index in [4.69, 9.17) is 15.2 Å². The smallest absolute Gasteiger partial charge is 0.244 e. The van der Waals surface area contributed by atoms with Gasteiger partial charge in [-0.1, -0.05) is 30.3 Å². The van der Waals surface area contributed by atoms with Crippen molar-refractivity contribution in [3.05, 3.63) is 59.7 Å². The first kappa shape index (κ1) is 21.8. The Kier molecular flexibility index (Phi) is 7.89. The topological polar surface area (TPSA) is 93.8 Å². The van der Waals surface area contributed by atoms with E-state index in [1.807, 2.05) is 18.2 Å². The van der Waals surface area contributed by atoms with E-state index in [2.05, 4.69) is 5.32 Å². The van der Waals surface area contributed by atoms with E-state index in [9.17, 15) is 9.90 Å². The average molecular weight is 381 g/mol. The van der Waals surface area contributed by atoms with E-state index in [0.717, 1.165) is 0 Å². The number of benzene rings is 2. The largest absolute Gasteiger partial charge is 0.497 e. The van der Waals surface area contributed by atoms with Crippen LogP contribution in [0, 0.1) is 0 Å². The molecule has 2 aromatic carbocycles. The molecular weight excluding hydrogens is 356 g/mol. The van der Waals surface area contributed by atoms with Crippen LogP contribution < -0.4 is 20.5 Å². The number of hydrogen-bond acceptors (Lipinski definition) is 5. The highest BCUT2D eigenvalue weighted by Crippen LogP contribution is 2.26. The van der Waals surface area contributed by atoms with Crippen molar-refractivity contribution in [2.45, 2.75) is 18.6 Å². The predicted octanol–water partition coefficient (Wildman–Crippen LogP) is 2.15. The van der Waals surface area contributed by atoms with Gasteiger partial charge in [0.1, 0.15) is 17.0 Å². The highest BCUT2D eigenvalue weighted by Gasteiger charge is 2.30. The Morgan fingerprint density at radius 3 is 2.19 bits per heavy atom. The second kappa shape index (κ2) is 9.43. The third-order valence-electron chi connectivity index (χ3n) is 4.06. The molecule has 2 aromatic rings. The van der Waals surface area contributed by atoms with Gasteiger partial charge in [-0.2, -0.15) is 0 Å². The van der Waals surface area contributed by atoms with Crippen molar-refractivity contribution in [2.75, 3.05) is 20.8 Å². The van der Waals surface area contributed by atoms with Gasteiger partial charge < -0.3 is 25.6 Å². The Balaban J connectivity index is 0.00000338. The first-order valence-corrected chi connectivity index (χ1v) is 7.92. The number of nitrogens with one attached hydrogen (secondary N) is 1. The van der Waals surface area contributed by atoms with Gasteiger partial charge in [0.2, 0.25) is 5.91 Å². The van der Waals surface area contributed by atoms with Gasteiger partial charge in [-0.15, -0.1) is 12.4 Å².